The highest BCUT2D eigenvalue weighted by Gasteiger charge is 2.42. The Morgan fingerprint density at radius 2 is 1.81 bits per heavy atom. The van der Waals surface area contributed by atoms with Gasteiger partial charge in [-0.05, 0) is 30.2 Å². The zero-order chi connectivity index (χ0) is 15.6. The van der Waals surface area contributed by atoms with Gasteiger partial charge in [0.05, 0.1) is 12.8 Å². The predicted molar refractivity (Wildman–Crippen MR) is 76.4 cm³/mol. The molecule has 1 aromatic rings. The Morgan fingerprint density at radius 1 is 1.19 bits per heavy atom. The summed E-state index contributed by atoms with van der Waals surface area (Å²) < 4.78 is 44.5. The fourth-order valence-corrected chi connectivity index (χ4v) is 2.14. The molecule has 1 aliphatic rings. The van der Waals surface area contributed by atoms with Crippen molar-refractivity contribution in [3.63, 3.8) is 0 Å². The monoisotopic (exact) mass is 298 g/mol. The maximum atomic E-state index is 13.1. The second kappa shape index (κ2) is 5.79. The normalized spacial score (nSPS) is 18.9. The van der Waals surface area contributed by atoms with Crippen LogP contribution < -0.4 is 9.75 Å². The number of rotatable bonds is 3. The number of benzene rings is 1. The Hall–Kier alpha value is -1.98. The van der Waals surface area contributed by atoms with Gasteiger partial charge < -0.3 is 4.74 Å². The number of halogens is 3. The Kier molecular flexibility index (Phi) is 4.25. The third-order valence-electron chi connectivity index (χ3n) is 3.31. The molecule has 0 fully saturated rings. The SMILES string of the molecule is COc1ccc(N2C=C[C@@H](C(C)C)C(C(F)(F)F)=N2)cc1. The van der Waals surface area contributed by atoms with Crippen LogP contribution in [0.4, 0.5) is 18.9 Å². The largest absolute Gasteiger partial charge is 0.497 e. The van der Waals surface area contributed by atoms with Crippen LogP contribution in [0.5, 0.6) is 5.75 Å². The van der Waals surface area contributed by atoms with Gasteiger partial charge in [-0.25, -0.2) is 5.01 Å². The zero-order valence-corrected chi connectivity index (χ0v) is 12.1. The molecule has 1 atom stereocenters. The van der Waals surface area contributed by atoms with Crippen LogP contribution in [0.3, 0.4) is 0 Å². The first-order valence-electron chi connectivity index (χ1n) is 6.60. The molecule has 2 rings (SSSR count). The molecule has 0 unspecified atom stereocenters. The van der Waals surface area contributed by atoms with Crippen LogP contribution in [0.15, 0.2) is 41.6 Å². The van der Waals surface area contributed by atoms with Crippen molar-refractivity contribution in [3.8, 4) is 5.75 Å². The van der Waals surface area contributed by atoms with Gasteiger partial charge in [-0.1, -0.05) is 19.9 Å². The number of anilines is 1. The molecule has 1 aromatic carbocycles. The van der Waals surface area contributed by atoms with Crippen molar-refractivity contribution in [2.45, 2.75) is 20.0 Å². The Labute approximate surface area is 121 Å². The summed E-state index contributed by atoms with van der Waals surface area (Å²) in [5.41, 5.74) is -0.216. The lowest BCUT2D eigenvalue weighted by molar-refractivity contribution is -0.0633. The maximum Gasteiger partial charge on any atom is 0.431 e. The number of methoxy groups -OCH3 is 1. The van der Waals surface area contributed by atoms with Gasteiger partial charge in [0.15, 0.2) is 0 Å². The molecular weight excluding hydrogens is 281 g/mol. The first-order valence-corrected chi connectivity index (χ1v) is 6.60. The van der Waals surface area contributed by atoms with E-state index in [0.29, 0.717) is 11.4 Å². The van der Waals surface area contributed by atoms with E-state index < -0.39 is 17.8 Å². The first-order chi connectivity index (χ1) is 9.82. The average molecular weight is 298 g/mol. The van der Waals surface area contributed by atoms with E-state index in [1.54, 1.807) is 50.4 Å². The van der Waals surface area contributed by atoms with Gasteiger partial charge in [-0.2, -0.15) is 18.3 Å². The first kappa shape index (κ1) is 15.4. The van der Waals surface area contributed by atoms with Crippen molar-refractivity contribution in [3.05, 3.63) is 36.5 Å². The second-order valence-electron chi connectivity index (χ2n) is 5.14. The molecule has 0 saturated carbocycles. The summed E-state index contributed by atoms with van der Waals surface area (Å²) in [7, 11) is 1.53. The summed E-state index contributed by atoms with van der Waals surface area (Å²) >= 11 is 0. The summed E-state index contributed by atoms with van der Waals surface area (Å²) in [6.07, 6.45) is -1.32. The van der Waals surface area contributed by atoms with Crippen LogP contribution in [0.2, 0.25) is 0 Å². The fraction of sp³-hybridized carbons (Fsp3) is 0.400. The summed E-state index contributed by atoms with van der Waals surface area (Å²) in [6.45, 7) is 3.50. The van der Waals surface area contributed by atoms with Crippen LogP contribution in [0, 0.1) is 11.8 Å². The predicted octanol–water partition coefficient (Wildman–Crippen LogP) is 4.22. The molecule has 1 heterocycles. The van der Waals surface area contributed by atoms with Crippen molar-refractivity contribution in [1.29, 1.82) is 0 Å². The standard InChI is InChI=1S/C15H17F3N2O/c1-10(2)13-8-9-20(19-14(13)15(16,17)18)11-4-6-12(21-3)7-5-11/h4-10,13H,1-3H3/t13-/m0/s1. The highest BCUT2D eigenvalue weighted by molar-refractivity contribution is 5.95. The Morgan fingerprint density at radius 3 is 2.29 bits per heavy atom. The topological polar surface area (TPSA) is 24.8 Å². The highest BCUT2D eigenvalue weighted by atomic mass is 19.4. The third-order valence-corrected chi connectivity index (χ3v) is 3.31. The summed E-state index contributed by atoms with van der Waals surface area (Å²) in [5, 5.41) is 5.02. The molecule has 3 nitrogen and oxygen atoms in total. The molecule has 114 valence electrons. The van der Waals surface area contributed by atoms with Crippen LogP contribution >= 0.6 is 0 Å². The number of alkyl halides is 3. The van der Waals surface area contributed by atoms with Crippen LogP contribution in [0.1, 0.15) is 13.8 Å². The molecule has 0 bridgehead atoms. The van der Waals surface area contributed by atoms with Crippen LogP contribution in [-0.4, -0.2) is 19.0 Å². The highest BCUT2D eigenvalue weighted by Crippen LogP contribution is 2.32. The van der Waals surface area contributed by atoms with Gasteiger partial charge in [0, 0.05) is 12.1 Å². The molecule has 0 radical (unpaired) electrons. The minimum Gasteiger partial charge on any atom is -0.497 e. The molecule has 0 saturated heterocycles. The lowest BCUT2D eigenvalue weighted by atomic mass is 9.90. The molecule has 0 aliphatic carbocycles. The minimum absolute atomic E-state index is 0.167. The molecule has 0 spiro atoms. The zero-order valence-electron chi connectivity index (χ0n) is 12.1. The molecular formula is C15H17F3N2O. The van der Waals surface area contributed by atoms with E-state index in [0.717, 1.165) is 0 Å². The quantitative estimate of drug-likeness (QED) is 0.834. The van der Waals surface area contributed by atoms with Gasteiger partial charge in [0.2, 0.25) is 0 Å². The fourth-order valence-electron chi connectivity index (χ4n) is 2.14. The van der Waals surface area contributed by atoms with Gasteiger partial charge in [-0.15, -0.1) is 0 Å². The summed E-state index contributed by atoms with van der Waals surface area (Å²) in [4.78, 5) is 0. The van der Waals surface area contributed by atoms with Crippen LogP contribution in [-0.2, 0) is 0 Å². The number of allylic oxidation sites excluding steroid dienone is 1. The van der Waals surface area contributed by atoms with Gasteiger partial charge in [-0.3, -0.25) is 0 Å². The lowest BCUT2D eigenvalue weighted by Gasteiger charge is -2.28. The molecule has 0 N–H and O–H groups in total. The van der Waals surface area contributed by atoms with Crippen molar-refractivity contribution in [2.75, 3.05) is 12.1 Å². The average Bonchev–Trinajstić information content (AvgIpc) is 2.45. The second-order valence-corrected chi connectivity index (χ2v) is 5.14. The lowest BCUT2D eigenvalue weighted by Crippen LogP contribution is -2.37. The number of hydrogen-bond acceptors (Lipinski definition) is 3. The van der Waals surface area contributed by atoms with E-state index in [4.69, 9.17) is 4.74 Å². The number of nitrogens with zero attached hydrogens (tertiary/aromatic N) is 2. The number of hydrogen-bond donors (Lipinski definition) is 0. The molecule has 6 heteroatoms. The molecule has 21 heavy (non-hydrogen) atoms. The summed E-state index contributed by atoms with van der Waals surface area (Å²) in [5.74, 6) is -0.251. The van der Waals surface area contributed by atoms with E-state index in [2.05, 4.69) is 5.10 Å². The van der Waals surface area contributed by atoms with Gasteiger partial charge >= 0.3 is 6.18 Å². The Bertz CT molecular complexity index is 547. The third kappa shape index (κ3) is 3.37. The van der Waals surface area contributed by atoms with E-state index >= 15 is 0 Å². The van der Waals surface area contributed by atoms with E-state index in [1.807, 2.05) is 0 Å². The van der Waals surface area contributed by atoms with Crippen LogP contribution in [0.25, 0.3) is 0 Å². The smallest absolute Gasteiger partial charge is 0.431 e. The number of hydrazone groups is 1. The van der Waals surface area contributed by atoms with Crippen molar-refractivity contribution >= 4 is 11.4 Å². The van der Waals surface area contributed by atoms with Crippen molar-refractivity contribution < 1.29 is 17.9 Å². The number of ether oxygens (including phenoxy) is 1. The molecule has 1 aliphatic heterocycles. The maximum absolute atomic E-state index is 13.1. The summed E-state index contributed by atoms with van der Waals surface area (Å²) in [6, 6.07) is 6.69. The van der Waals surface area contributed by atoms with Gasteiger partial charge in [0.1, 0.15) is 11.5 Å². The Balaban J connectivity index is 2.33. The van der Waals surface area contributed by atoms with Crippen molar-refractivity contribution in [1.82, 2.24) is 0 Å². The van der Waals surface area contributed by atoms with E-state index in [9.17, 15) is 13.2 Å². The van der Waals surface area contributed by atoms with E-state index in [-0.39, 0.29) is 5.92 Å². The molecule has 0 amide bonds. The van der Waals surface area contributed by atoms with Gasteiger partial charge in [0.25, 0.3) is 0 Å². The van der Waals surface area contributed by atoms with E-state index in [1.165, 1.54) is 12.1 Å². The van der Waals surface area contributed by atoms with Crippen molar-refractivity contribution in [2.24, 2.45) is 16.9 Å². The molecule has 0 aromatic heterocycles. The minimum atomic E-state index is -4.44.